The number of nitrogens with one attached hydrogen (secondary N) is 2. The molecule has 0 aliphatic rings. The van der Waals surface area contributed by atoms with E-state index in [1.165, 1.54) is 0 Å². The van der Waals surface area contributed by atoms with Crippen LogP contribution in [-0.2, 0) is 4.79 Å². The van der Waals surface area contributed by atoms with Crippen LogP contribution in [-0.4, -0.2) is 38.8 Å². The predicted octanol–water partition coefficient (Wildman–Crippen LogP) is 4.01. The summed E-state index contributed by atoms with van der Waals surface area (Å²) in [5.74, 6) is -0.370. The second-order valence-electron chi connectivity index (χ2n) is 6.69. The highest BCUT2D eigenvalue weighted by atomic mass is 16.2. The molecule has 0 aromatic heterocycles. The molecule has 6 heteroatoms. The number of hydrogen-bond acceptors (Lipinski definition) is 4. The molecule has 2 N–H and O–H groups in total. The number of para-hydroxylation sites is 1. The van der Waals surface area contributed by atoms with Crippen LogP contribution in [0.4, 0.5) is 17.1 Å². The second-order valence-corrected chi connectivity index (χ2v) is 6.69. The summed E-state index contributed by atoms with van der Waals surface area (Å²) in [5, 5.41) is 18.9. The third-order valence-electron chi connectivity index (χ3n) is 3.59. The first-order valence-corrected chi connectivity index (χ1v) is 8.01. The lowest BCUT2D eigenvalue weighted by Crippen LogP contribution is -2.34. The molecule has 0 saturated carbocycles. The average molecular weight is 338 g/mol. The van der Waals surface area contributed by atoms with Crippen molar-refractivity contribution in [3.8, 4) is 0 Å². The Labute approximate surface area is 148 Å². The summed E-state index contributed by atoms with van der Waals surface area (Å²) >= 11 is 0. The van der Waals surface area contributed by atoms with Crippen molar-refractivity contribution in [3.63, 3.8) is 0 Å². The van der Waals surface area contributed by atoms with E-state index in [0.29, 0.717) is 15.9 Å². The maximum Gasteiger partial charge on any atom is 0.256 e. The molecule has 2 aromatic rings. The van der Waals surface area contributed by atoms with Crippen LogP contribution in [0.1, 0.15) is 6.92 Å². The van der Waals surface area contributed by atoms with Crippen LogP contribution in [0, 0.1) is 5.41 Å². The normalized spacial score (nSPS) is 12.8. The summed E-state index contributed by atoms with van der Waals surface area (Å²) in [6.45, 7) is 1.55. The summed E-state index contributed by atoms with van der Waals surface area (Å²) in [4.78, 5) is 12.4. The Morgan fingerprint density at radius 2 is 1.76 bits per heavy atom. The van der Waals surface area contributed by atoms with Gasteiger partial charge in [0.25, 0.3) is 5.91 Å². The predicted molar refractivity (Wildman–Crippen MR) is 103 cm³/mol. The van der Waals surface area contributed by atoms with Crippen LogP contribution in [0.5, 0.6) is 0 Å². The quantitative estimate of drug-likeness (QED) is 0.466. The third kappa shape index (κ3) is 5.32. The zero-order valence-electron chi connectivity index (χ0n) is 15.0. The monoisotopic (exact) mass is 338 g/mol. The molecule has 25 heavy (non-hydrogen) atoms. The number of azo groups is 1. The summed E-state index contributed by atoms with van der Waals surface area (Å²) < 4.78 is 0.658. The van der Waals surface area contributed by atoms with Gasteiger partial charge in [0.1, 0.15) is 5.69 Å². The smallest absolute Gasteiger partial charge is 0.256 e. The van der Waals surface area contributed by atoms with Gasteiger partial charge in [-0.05, 0) is 31.2 Å². The van der Waals surface area contributed by atoms with Crippen LogP contribution < -0.4 is 9.80 Å². The minimum Gasteiger partial charge on any atom is -0.324 e. The Hall–Kier alpha value is -2.86. The van der Waals surface area contributed by atoms with Crippen molar-refractivity contribution in [1.82, 2.24) is 4.48 Å². The summed E-state index contributed by atoms with van der Waals surface area (Å²) in [6, 6.07) is 15.8. The number of anilines is 1. The molecule has 1 unspecified atom stereocenters. The maximum atomic E-state index is 12.4. The summed E-state index contributed by atoms with van der Waals surface area (Å²) in [6.07, 6.45) is 0. The zero-order valence-corrected chi connectivity index (χ0v) is 15.0. The minimum absolute atomic E-state index is 0.139. The van der Waals surface area contributed by atoms with Gasteiger partial charge in [-0.2, -0.15) is 10.2 Å². The van der Waals surface area contributed by atoms with Gasteiger partial charge >= 0.3 is 0 Å². The van der Waals surface area contributed by atoms with E-state index in [1.807, 2.05) is 42.5 Å². The van der Waals surface area contributed by atoms with E-state index < -0.39 is 6.04 Å². The molecule has 0 aliphatic carbocycles. The molecular formula is C19H24N5O+. The number of carbonyl (C=O) groups is 1. The number of benzene rings is 2. The van der Waals surface area contributed by atoms with Gasteiger partial charge in [-0.3, -0.25) is 9.28 Å². The number of quaternary nitrogens is 1. The lowest BCUT2D eigenvalue weighted by molar-refractivity contribution is -0.116. The summed E-state index contributed by atoms with van der Waals surface area (Å²) in [7, 11) is 6.19. The van der Waals surface area contributed by atoms with Crippen LogP contribution >= 0.6 is 0 Å². The van der Waals surface area contributed by atoms with E-state index in [9.17, 15) is 4.79 Å². The van der Waals surface area contributed by atoms with Crippen LogP contribution in [0.25, 0.3) is 0 Å². The van der Waals surface area contributed by atoms with Crippen molar-refractivity contribution < 1.29 is 4.79 Å². The zero-order chi connectivity index (χ0) is 18.4. The molecule has 0 heterocycles. The molecule has 1 amide bonds. The van der Waals surface area contributed by atoms with Crippen LogP contribution in [0.2, 0.25) is 0 Å². The van der Waals surface area contributed by atoms with E-state index in [0.717, 1.165) is 5.69 Å². The molecule has 0 bridgehead atoms. The van der Waals surface area contributed by atoms with Gasteiger partial charge in [-0.1, -0.05) is 24.3 Å². The second kappa shape index (κ2) is 7.81. The summed E-state index contributed by atoms with van der Waals surface area (Å²) in [5.41, 5.74) is 2.54. The Morgan fingerprint density at radius 1 is 1.08 bits per heavy atom. The standard InChI is InChI=1S/C19H23N5O/c1-14(20)18(19(25)21-15-9-6-5-7-10-15)23-22-16-11-8-12-17(13-16)24(2,3)4/h5-13,18,20H,1-4H3/p+1. The molecule has 0 fully saturated rings. The van der Waals surface area contributed by atoms with Crippen LogP contribution in [0.3, 0.4) is 0 Å². The Balaban J connectivity index is 2.17. The van der Waals surface area contributed by atoms with E-state index in [1.54, 1.807) is 19.1 Å². The molecule has 130 valence electrons. The minimum atomic E-state index is -0.951. The highest BCUT2D eigenvalue weighted by Crippen LogP contribution is 2.23. The van der Waals surface area contributed by atoms with Crippen molar-refractivity contribution in [2.75, 3.05) is 26.5 Å². The number of carbonyl (C=O) groups excluding carboxylic acids is 1. The number of nitrogens with zero attached hydrogens (tertiary/aromatic N) is 3. The molecule has 1 atom stereocenters. The molecule has 0 aliphatic heterocycles. The van der Waals surface area contributed by atoms with E-state index in [-0.39, 0.29) is 11.6 Å². The van der Waals surface area contributed by atoms with E-state index in [2.05, 4.69) is 36.7 Å². The van der Waals surface area contributed by atoms with Gasteiger partial charge < -0.3 is 10.7 Å². The molecular weight excluding hydrogens is 314 g/mol. The van der Waals surface area contributed by atoms with Gasteiger partial charge in [0.15, 0.2) is 6.04 Å². The molecule has 6 nitrogen and oxygen atoms in total. The highest BCUT2D eigenvalue weighted by molar-refractivity contribution is 6.11. The third-order valence-corrected chi connectivity index (χ3v) is 3.59. The van der Waals surface area contributed by atoms with Crippen molar-refractivity contribution in [2.45, 2.75) is 13.0 Å². The Bertz CT molecular complexity index is 778. The van der Waals surface area contributed by atoms with Crippen molar-refractivity contribution in [1.29, 1.82) is 5.41 Å². The molecule has 0 radical (unpaired) electrons. The molecule has 0 spiro atoms. The largest absolute Gasteiger partial charge is 0.324 e. The Morgan fingerprint density at radius 3 is 2.36 bits per heavy atom. The maximum absolute atomic E-state index is 12.4. The van der Waals surface area contributed by atoms with Crippen LogP contribution in [0.15, 0.2) is 64.8 Å². The average Bonchev–Trinajstić information content (AvgIpc) is 2.55. The molecule has 2 rings (SSSR count). The van der Waals surface area contributed by atoms with Gasteiger partial charge in [0.05, 0.1) is 26.8 Å². The lowest BCUT2D eigenvalue weighted by Gasteiger charge is -2.23. The number of rotatable bonds is 6. The molecule has 0 saturated heterocycles. The number of hydrogen-bond donors (Lipinski definition) is 2. The van der Waals surface area contributed by atoms with Crippen molar-refractivity contribution in [2.24, 2.45) is 10.2 Å². The van der Waals surface area contributed by atoms with Gasteiger partial charge in [0, 0.05) is 17.5 Å². The first-order valence-electron chi connectivity index (χ1n) is 8.01. The first kappa shape index (κ1) is 18.5. The van der Waals surface area contributed by atoms with Gasteiger partial charge in [-0.25, -0.2) is 0 Å². The highest BCUT2D eigenvalue weighted by Gasteiger charge is 2.20. The topological polar surface area (TPSA) is 77.7 Å². The number of amides is 1. The van der Waals surface area contributed by atoms with Crippen molar-refractivity contribution in [3.05, 3.63) is 54.6 Å². The van der Waals surface area contributed by atoms with E-state index >= 15 is 0 Å². The Kier molecular flexibility index (Phi) is 5.77. The fourth-order valence-electron chi connectivity index (χ4n) is 2.16. The van der Waals surface area contributed by atoms with Gasteiger partial charge in [-0.15, -0.1) is 0 Å². The van der Waals surface area contributed by atoms with Gasteiger partial charge in [0.2, 0.25) is 0 Å². The lowest BCUT2D eigenvalue weighted by atomic mass is 10.2. The SMILES string of the molecule is CC(=N)C(N=Nc1cccc([N+](C)(C)C)c1)C(=O)Nc1ccccc1. The fraction of sp³-hybridized carbons (Fsp3) is 0.263. The van der Waals surface area contributed by atoms with E-state index in [4.69, 9.17) is 5.41 Å². The van der Waals surface area contributed by atoms with Crippen molar-refractivity contribution >= 4 is 28.7 Å². The fourth-order valence-corrected chi connectivity index (χ4v) is 2.16. The first-order chi connectivity index (χ1) is 11.8. The molecule has 2 aromatic carbocycles.